The van der Waals surface area contributed by atoms with E-state index in [1.54, 1.807) is 6.07 Å². The smallest absolute Gasteiger partial charge is 0.292 e. The van der Waals surface area contributed by atoms with Crippen LogP contribution in [-0.2, 0) is 0 Å². The van der Waals surface area contributed by atoms with Crippen molar-refractivity contribution in [3.8, 4) is 0 Å². The highest BCUT2D eigenvalue weighted by atomic mass is 16.6. The number of nitro groups is 1. The fraction of sp³-hybridized carbons (Fsp3) is 0.600. The van der Waals surface area contributed by atoms with Crippen LogP contribution in [0, 0.1) is 23.0 Å². The summed E-state index contributed by atoms with van der Waals surface area (Å²) in [5.74, 6) is 0.608. The first-order valence-electron chi connectivity index (χ1n) is 7.36. The zero-order valence-electron chi connectivity index (χ0n) is 11.8. The van der Waals surface area contributed by atoms with Crippen LogP contribution < -0.4 is 5.32 Å². The maximum atomic E-state index is 11.1. The summed E-state index contributed by atoms with van der Waals surface area (Å²) in [5.41, 5.74) is 1.75. The standard InChI is InChI=1S/C15H21N3O2/c1-11-2-5-14(15(8-11)18(19)20)16-9-12-6-7-17(10-12)13-3-4-13/h2,5,8,12-13,16H,3-4,6-7,9-10H2,1H3. The predicted molar refractivity (Wildman–Crippen MR) is 79.0 cm³/mol. The fourth-order valence-electron chi connectivity index (χ4n) is 3.00. The van der Waals surface area contributed by atoms with Crippen molar-refractivity contribution < 1.29 is 4.92 Å². The van der Waals surface area contributed by atoms with E-state index < -0.39 is 0 Å². The van der Waals surface area contributed by atoms with Gasteiger partial charge in [-0.25, -0.2) is 0 Å². The van der Waals surface area contributed by atoms with Crippen LogP contribution in [-0.4, -0.2) is 35.5 Å². The molecule has 5 nitrogen and oxygen atoms in total. The van der Waals surface area contributed by atoms with Crippen molar-refractivity contribution in [2.45, 2.75) is 32.2 Å². The van der Waals surface area contributed by atoms with Crippen molar-refractivity contribution in [3.05, 3.63) is 33.9 Å². The Bertz CT molecular complexity index is 514. The van der Waals surface area contributed by atoms with Crippen molar-refractivity contribution in [2.75, 3.05) is 25.0 Å². The summed E-state index contributed by atoms with van der Waals surface area (Å²) >= 11 is 0. The van der Waals surface area contributed by atoms with E-state index in [1.807, 2.05) is 19.1 Å². The van der Waals surface area contributed by atoms with E-state index in [9.17, 15) is 10.1 Å². The second-order valence-corrected chi connectivity index (χ2v) is 6.04. The molecule has 1 aromatic rings. The van der Waals surface area contributed by atoms with Gasteiger partial charge in [0, 0.05) is 25.2 Å². The van der Waals surface area contributed by atoms with Gasteiger partial charge in [-0.2, -0.15) is 0 Å². The van der Waals surface area contributed by atoms with E-state index in [-0.39, 0.29) is 10.6 Å². The summed E-state index contributed by atoms with van der Waals surface area (Å²) in [4.78, 5) is 13.3. The molecular formula is C15H21N3O2. The van der Waals surface area contributed by atoms with E-state index in [2.05, 4.69) is 10.2 Å². The summed E-state index contributed by atoms with van der Waals surface area (Å²) in [6.07, 6.45) is 3.90. The molecule has 108 valence electrons. The van der Waals surface area contributed by atoms with E-state index in [0.29, 0.717) is 11.6 Å². The van der Waals surface area contributed by atoms with Gasteiger partial charge in [-0.1, -0.05) is 6.07 Å². The molecule has 1 heterocycles. The molecule has 0 bridgehead atoms. The Morgan fingerprint density at radius 1 is 1.40 bits per heavy atom. The van der Waals surface area contributed by atoms with Crippen LogP contribution >= 0.6 is 0 Å². The van der Waals surface area contributed by atoms with Gasteiger partial charge in [0.15, 0.2) is 0 Å². The molecule has 1 saturated carbocycles. The van der Waals surface area contributed by atoms with Crippen LogP contribution in [0.2, 0.25) is 0 Å². The minimum absolute atomic E-state index is 0.182. The third kappa shape index (κ3) is 2.93. The maximum Gasteiger partial charge on any atom is 0.292 e. The Labute approximate surface area is 119 Å². The number of hydrogen-bond donors (Lipinski definition) is 1. The van der Waals surface area contributed by atoms with Crippen molar-refractivity contribution >= 4 is 11.4 Å². The van der Waals surface area contributed by atoms with Crippen molar-refractivity contribution in [3.63, 3.8) is 0 Å². The normalized spacial score (nSPS) is 22.9. The van der Waals surface area contributed by atoms with E-state index in [0.717, 1.165) is 24.7 Å². The Morgan fingerprint density at radius 2 is 2.20 bits per heavy atom. The molecule has 0 spiro atoms. The summed E-state index contributed by atoms with van der Waals surface area (Å²) in [6, 6.07) is 6.20. The molecule has 0 amide bonds. The Hall–Kier alpha value is -1.62. The minimum atomic E-state index is -0.305. The highest BCUT2D eigenvalue weighted by Gasteiger charge is 2.34. The van der Waals surface area contributed by atoms with E-state index in [4.69, 9.17) is 0 Å². The molecule has 0 aromatic heterocycles. The van der Waals surface area contributed by atoms with Gasteiger partial charge in [-0.15, -0.1) is 0 Å². The molecule has 1 aromatic carbocycles. The van der Waals surface area contributed by atoms with Gasteiger partial charge < -0.3 is 10.2 Å². The summed E-state index contributed by atoms with van der Waals surface area (Å²) < 4.78 is 0. The van der Waals surface area contributed by atoms with Gasteiger partial charge in [0.2, 0.25) is 0 Å². The quantitative estimate of drug-likeness (QED) is 0.663. The first kappa shape index (κ1) is 13.4. The average Bonchev–Trinajstić information content (AvgIpc) is 3.17. The SMILES string of the molecule is Cc1ccc(NCC2CCN(C3CC3)C2)c([N+](=O)[O-])c1. The molecule has 2 aliphatic rings. The van der Waals surface area contributed by atoms with Crippen molar-refractivity contribution in [2.24, 2.45) is 5.92 Å². The third-order valence-corrected chi connectivity index (χ3v) is 4.31. The predicted octanol–water partition coefficient (Wildman–Crippen LogP) is 2.80. The van der Waals surface area contributed by atoms with Crippen LogP contribution in [0.15, 0.2) is 18.2 Å². The molecule has 20 heavy (non-hydrogen) atoms. The number of rotatable bonds is 5. The molecule has 2 fully saturated rings. The van der Waals surface area contributed by atoms with Crippen LogP contribution in [0.4, 0.5) is 11.4 Å². The lowest BCUT2D eigenvalue weighted by Gasteiger charge is -2.15. The number of hydrogen-bond acceptors (Lipinski definition) is 4. The average molecular weight is 275 g/mol. The van der Waals surface area contributed by atoms with Crippen LogP contribution in [0.5, 0.6) is 0 Å². The molecule has 1 aliphatic carbocycles. The molecular weight excluding hydrogens is 254 g/mol. The zero-order valence-corrected chi connectivity index (χ0v) is 11.8. The first-order valence-corrected chi connectivity index (χ1v) is 7.36. The van der Waals surface area contributed by atoms with E-state index >= 15 is 0 Å². The lowest BCUT2D eigenvalue weighted by atomic mass is 10.1. The third-order valence-electron chi connectivity index (χ3n) is 4.31. The Balaban J connectivity index is 1.59. The molecule has 5 heteroatoms. The van der Waals surface area contributed by atoms with Gasteiger partial charge >= 0.3 is 0 Å². The molecule has 1 N–H and O–H groups in total. The first-order chi connectivity index (χ1) is 9.63. The lowest BCUT2D eigenvalue weighted by Crippen LogP contribution is -2.24. The van der Waals surface area contributed by atoms with Crippen LogP contribution in [0.1, 0.15) is 24.8 Å². The number of nitrogens with one attached hydrogen (secondary N) is 1. The fourth-order valence-corrected chi connectivity index (χ4v) is 3.00. The number of benzene rings is 1. The summed E-state index contributed by atoms with van der Waals surface area (Å²) in [5, 5.41) is 14.4. The lowest BCUT2D eigenvalue weighted by molar-refractivity contribution is -0.384. The van der Waals surface area contributed by atoms with Crippen molar-refractivity contribution in [1.82, 2.24) is 4.90 Å². The molecule has 1 saturated heterocycles. The van der Waals surface area contributed by atoms with Crippen LogP contribution in [0.3, 0.4) is 0 Å². The van der Waals surface area contributed by atoms with Gasteiger partial charge in [-0.05, 0) is 50.3 Å². The Morgan fingerprint density at radius 3 is 2.90 bits per heavy atom. The number of nitrogens with zero attached hydrogens (tertiary/aromatic N) is 2. The molecule has 1 unspecified atom stereocenters. The van der Waals surface area contributed by atoms with Gasteiger partial charge in [-0.3, -0.25) is 10.1 Å². The molecule has 3 rings (SSSR count). The second-order valence-electron chi connectivity index (χ2n) is 6.04. The van der Waals surface area contributed by atoms with Crippen molar-refractivity contribution in [1.29, 1.82) is 0 Å². The topological polar surface area (TPSA) is 58.4 Å². The van der Waals surface area contributed by atoms with Gasteiger partial charge in [0.25, 0.3) is 5.69 Å². The maximum absolute atomic E-state index is 11.1. The number of aryl methyl sites for hydroxylation is 1. The molecule has 1 atom stereocenters. The zero-order chi connectivity index (χ0) is 14.1. The van der Waals surface area contributed by atoms with Gasteiger partial charge in [0.1, 0.15) is 5.69 Å². The Kier molecular flexibility index (Phi) is 3.61. The van der Waals surface area contributed by atoms with E-state index in [1.165, 1.54) is 25.8 Å². The molecule has 0 radical (unpaired) electrons. The number of nitro benzene ring substituents is 1. The summed E-state index contributed by atoms with van der Waals surface area (Å²) in [7, 11) is 0. The highest BCUT2D eigenvalue weighted by molar-refractivity contribution is 5.62. The number of likely N-dealkylation sites (tertiary alicyclic amines) is 1. The monoisotopic (exact) mass is 275 g/mol. The summed E-state index contributed by atoms with van der Waals surface area (Å²) in [6.45, 7) is 5.03. The van der Waals surface area contributed by atoms with Crippen LogP contribution in [0.25, 0.3) is 0 Å². The minimum Gasteiger partial charge on any atom is -0.379 e. The highest BCUT2D eigenvalue weighted by Crippen LogP contribution is 2.32. The largest absolute Gasteiger partial charge is 0.379 e. The second kappa shape index (κ2) is 5.40. The number of anilines is 1. The molecule has 1 aliphatic heterocycles. The van der Waals surface area contributed by atoms with Gasteiger partial charge in [0.05, 0.1) is 4.92 Å².